The van der Waals surface area contributed by atoms with Crippen molar-refractivity contribution in [3.05, 3.63) is 28.9 Å². The zero-order valence-corrected chi connectivity index (χ0v) is 11.4. The summed E-state index contributed by atoms with van der Waals surface area (Å²) in [7, 11) is 0. The van der Waals surface area contributed by atoms with E-state index in [-0.39, 0.29) is 11.7 Å². The third-order valence-corrected chi connectivity index (χ3v) is 4.88. The standard InChI is InChI=1S/C14H15FN2OS/c1-7-4-8(7)6-17-14(18)13-12(16)10-5-9(15)2-3-11(10)19-13/h2-3,5,7-8H,4,6,16H2,1H3,(H,17,18). The van der Waals surface area contributed by atoms with Gasteiger partial charge in [0.1, 0.15) is 10.7 Å². The number of carbonyl (C=O) groups is 1. The lowest BCUT2D eigenvalue weighted by molar-refractivity contribution is 0.0956. The van der Waals surface area contributed by atoms with E-state index < -0.39 is 0 Å². The first-order valence-electron chi connectivity index (χ1n) is 6.32. The summed E-state index contributed by atoms with van der Waals surface area (Å²) in [6, 6.07) is 4.41. The fourth-order valence-electron chi connectivity index (χ4n) is 2.25. The number of rotatable bonds is 3. The maximum Gasteiger partial charge on any atom is 0.263 e. The van der Waals surface area contributed by atoms with Crippen LogP contribution < -0.4 is 11.1 Å². The Balaban J connectivity index is 1.83. The largest absolute Gasteiger partial charge is 0.397 e. The van der Waals surface area contributed by atoms with Crippen LogP contribution in [0, 0.1) is 17.7 Å². The topological polar surface area (TPSA) is 55.1 Å². The molecular formula is C14H15FN2OS. The number of nitrogens with two attached hydrogens (primary N) is 1. The summed E-state index contributed by atoms with van der Waals surface area (Å²) in [4.78, 5) is 12.6. The lowest BCUT2D eigenvalue weighted by Gasteiger charge is -2.03. The van der Waals surface area contributed by atoms with Crippen LogP contribution in [0.2, 0.25) is 0 Å². The van der Waals surface area contributed by atoms with Crippen molar-refractivity contribution in [1.29, 1.82) is 0 Å². The summed E-state index contributed by atoms with van der Waals surface area (Å²) in [5.41, 5.74) is 6.32. The average molecular weight is 278 g/mol. The number of nitrogens with one attached hydrogen (secondary N) is 1. The Morgan fingerprint density at radius 1 is 1.58 bits per heavy atom. The predicted octanol–water partition coefficient (Wildman–Crippen LogP) is 3.01. The van der Waals surface area contributed by atoms with Crippen molar-refractivity contribution in [2.45, 2.75) is 13.3 Å². The highest BCUT2D eigenvalue weighted by molar-refractivity contribution is 7.21. The minimum Gasteiger partial charge on any atom is -0.397 e. The number of carbonyl (C=O) groups excluding carboxylic acids is 1. The molecule has 1 amide bonds. The fourth-order valence-corrected chi connectivity index (χ4v) is 3.26. The summed E-state index contributed by atoms with van der Waals surface area (Å²) >= 11 is 1.31. The molecule has 0 spiro atoms. The summed E-state index contributed by atoms with van der Waals surface area (Å²) in [6.07, 6.45) is 1.17. The molecule has 1 saturated carbocycles. The number of nitrogen functional groups attached to an aromatic ring is 1. The van der Waals surface area contributed by atoms with Gasteiger partial charge in [-0.1, -0.05) is 6.92 Å². The Labute approximate surface area is 114 Å². The van der Waals surface area contributed by atoms with Gasteiger partial charge in [-0.3, -0.25) is 4.79 Å². The van der Waals surface area contributed by atoms with Crippen LogP contribution in [0.25, 0.3) is 10.1 Å². The molecule has 3 nitrogen and oxygen atoms in total. The Morgan fingerprint density at radius 2 is 2.32 bits per heavy atom. The zero-order valence-electron chi connectivity index (χ0n) is 10.6. The van der Waals surface area contributed by atoms with E-state index in [0.717, 1.165) is 4.70 Å². The number of benzene rings is 1. The average Bonchev–Trinajstić information content (AvgIpc) is 3.00. The lowest BCUT2D eigenvalue weighted by Crippen LogP contribution is -2.25. The van der Waals surface area contributed by atoms with Crippen LogP contribution in [0.4, 0.5) is 10.1 Å². The van der Waals surface area contributed by atoms with Crippen LogP contribution in [0.5, 0.6) is 0 Å². The van der Waals surface area contributed by atoms with Gasteiger partial charge in [-0.2, -0.15) is 0 Å². The van der Waals surface area contributed by atoms with Crippen molar-refractivity contribution in [2.24, 2.45) is 11.8 Å². The molecule has 0 aliphatic heterocycles. The van der Waals surface area contributed by atoms with E-state index >= 15 is 0 Å². The van der Waals surface area contributed by atoms with Gasteiger partial charge in [-0.15, -0.1) is 11.3 Å². The molecular weight excluding hydrogens is 263 g/mol. The molecule has 19 heavy (non-hydrogen) atoms. The number of thiophene rings is 1. The van der Waals surface area contributed by atoms with Crippen molar-refractivity contribution in [3.8, 4) is 0 Å². The maximum absolute atomic E-state index is 13.2. The number of anilines is 1. The number of amides is 1. The van der Waals surface area contributed by atoms with E-state index in [1.54, 1.807) is 6.07 Å². The fraction of sp³-hybridized carbons (Fsp3) is 0.357. The van der Waals surface area contributed by atoms with E-state index in [1.807, 2.05) is 0 Å². The van der Waals surface area contributed by atoms with Crippen LogP contribution in [-0.2, 0) is 0 Å². The van der Waals surface area contributed by atoms with Crippen LogP contribution in [0.15, 0.2) is 18.2 Å². The number of fused-ring (bicyclic) bond motifs is 1. The highest BCUT2D eigenvalue weighted by Crippen LogP contribution is 2.37. The van der Waals surface area contributed by atoms with Crippen LogP contribution >= 0.6 is 11.3 Å². The van der Waals surface area contributed by atoms with Gasteiger partial charge >= 0.3 is 0 Å². The summed E-state index contributed by atoms with van der Waals surface area (Å²) in [5.74, 6) is 0.806. The summed E-state index contributed by atoms with van der Waals surface area (Å²) < 4.78 is 14.0. The molecule has 0 bridgehead atoms. The Kier molecular flexibility index (Phi) is 2.93. The Hall–Kier alpha value is -1.62. The normalized spacial score (nSPS) is 21.6. The van der Waals surface area contributed by atoms with Crippen molar-refractivity contribution >= 4 is 33.0 Å². The Morgan fingerprint density at radius 3 is 3.00 bits per heavy atom. The number of halogens is 1. The third kappa shape index (κ3) is 2.30. The van der Waals surface area contributed by atoms with Gasteiger partial charge in [-0.25, -0.2) is 4.39 Å². The van der Waals surface area contributed by atoms with Gasteiger partial charge in [-0.05, 0) is 36.5 Å². The molecule has 5 heteroatoms. The van der Waals surface area contributed by atoms with E-state index in [0.29, 0.717) is 34.3 Å². The lowest BCUT2D eigenvalue weighted by atomic mass is 10.2. The molecule has 2 aromatic rings. The van der Waals surface area contributed by atoms with Gasteiger partial charge in [0, 0.05) is 16.6 Å². The molecule has 1 aromatic carbocycles. The van der Waals surface area contributed by atoms with Gasteiger partial charge in [0.05, 0.1) is 5.69 Å². The van der Waals surface area contributed by atoms with Crippen molar-refractivity contribution in [2.75, 3.05) is 12.3 Å². The van der Waals surface area contributed by atoms with Crippen molar-refractivity contribution in [3.63, 3.8) is 0 Å². The molecule has 3 rings (SSSR count). The van der Waals surface area contributed by atoms with E-state index in [2.05, 4.69) is 12.2 Å². The maximum atomic E-state index is 13.2. The second kappa shape index (κ2) is 4.49. The molecule has 100 valence electrons. The molecule has 2 atom stereocenters. The van der Waals surface area contributed by atoms with Gasteiger partial charge in [0.25, 0.3) is 5.91 Å². The molecule has 3 N–H and O–H groups in total. The van der Waals surface area contributed by atoms with Gasteiger partial charge < -0.3 is 11.1 Å². The van der Waals surface area contributed by atoms with E-state index in [9.17, 15) is 9.18 Å². The zero-order chi connectivity index (χ0) is 13.6. The van der Waals surface area contributed by atoms with Crippen molar-refractivity contribution in [1.82, 2.24) is 5.32 Å². The molecule has 0 saturated heterocycles. The molecule has 1 aromatic heterocycles. The van der Waals surface area contributed by atoms with Crippen LogP contribution in [0.3, 0.4) is 0 Å². The molecule has 1 heterocycles. The number of hydrogen-bond donors (Lipinski definition) is 2. The minimum atomic E-state index is -0.337. The van der Waals surface area contributed by atoms with Gasteiger partial charge in [0.15, 0.2) is 0 Å². The minimum absolute atomic E-state index is 0.154. The SMILES string of the molecule is CC1CC1CNC(=O)c1sc2ccc(F)cc2c1N. The van der Waals surface area contributed by atoms with E-state index in [4.69, 9.17) is 5.73 Å². The first-order chi connectivity index (χ1) is 9.06. The molecule has 1 fully saturated rings. The first kappa shape index (κ1) is 12.4. The van der Waals surface area contributed by atoms with Gasteiger partial charge in [0.2, 0.25) is 0 Å². The van der Waals surface area contributed by atoms with Crippen molar-refractivity contribution < 1.29 is 9.18 Å². The molecule has 2 unspecified atom stereocenters. The molecule has 1 aliphatic rings. The quantitative estimate of drug-likeness (QED) is 0.906. The number of hydrogen-bond acceptors (Lipinski definition) is 3. The highest BCUT2D eigenvalue weighted by Gasteiger charge is 2.32. The monoisotopic (exact) mass is 278 g/mol. The summed E-state index contributed by atoms with van der Waals surface area (Å²) in [5, 5.41) is 3.53. The van der Waals surface area contributed by atoms with E-state index in [1.165, 1.54) is 29.9 Å². The highest BCUT2D eigenvalue weighted by atomic mass is 32.1. The third-order valence-electron chi connectivity index (χ3n) is 3.70. The Bertz CT molecular complexity index is 652. The summed E-state index contributed by atoms with van der Waals surface area (Å²) in [6.45, 7) is 2.87. The van der Waals surface area contributed by atoms with Crippen LogP contribution in [0.1, 0.15) is 23.0 Å². The second-order valence-corrected chi connectivity index (χ2v) is 6.22. The predicted molar refractivity (Wildman–Crippen MR) is 75.8 cm³/mol. The molecule has 1 aliphatic carbocycles. The first-order valence-corrected chi connectivity index (χ1v) is 7.13. The smallest absolute Gasteiger partial charge is 0.263 e. The van der Waals surface area contributed by atoms with Crippen LogP contribution in [-0.4, -0.2) is 12.5 Å². The molecule has 0 radical (unpaired) electrons. The second-order valence-electron chi connectivity index (χ2n) is 5.17.